The molecule has 2 saturated heterocycles. The second kappa shape index (κ2) is 11.6. The minimum absolute atomic E-state index is 0.00364. The van der Waals surface area contributed by atoms with Gasteiger partial charge in [0.2, 0.25) is 5.71 Å². The summed E-state index contributed by atoms with van der Waals surface area (Å²) in [6, 6.07) is 9.47. The first-order valence-electron chi connectivity index (χ1n) is 15.6. The summed E-state index contributed by atoms with van der Waals surface area (Å²) < 4.78 is 7.17. The minimum atomic E-state index is -0.691. The number of carbonyl (C=O) groups is 1. The van der Waals surface area contributed by atoms with Crippen LogP contribution in [0.4, 0.5) is 0 Å². The van der Waals surface area contributed by atoms with Crippen LogP contribution in [-0.4, -0.2) is 57.0 Å². The fourth-order valence-corrected chi connectivity index (χ4v) is 8.31. The molecule has 2 saturated carbocycles. The van der Waals surface area contributed by atoms with E-state index in [1.807, 2.05) is 42.7 Å². The predicted octanol–water partition coefficient (Wildman–Crippen LogP) is 5.62. The van der Waals surface area contributed by atoms with E-state index in [9.17, 15) is 9.59 Å². The fraction of sp³-hybridized carbons (Fsp3) is 0.688. The third kappa shape index (κ3) is 5.31. The molecule has 0 spiro atoms. The van der Waals surface area contributed by atoms with Crippen molar-refractivity contribution in [2.24, 2.45) is 17.0 Å². The molecule has 0 radical (unpaired) electrons. The molecule has 8 nitrogen and oxygen atoms in total. The lowest BCUT2D eigenvalue weighted by Crippen LogP contribution is -2.52. The van der Waals surface area contributed by atoms with Crippen molar-refractivity contribution in [1.29, 1.82) is 0 Å². The first kappa shape index (κ1) is 27.4. The van der Waals surface area contributed by atoms with Crippen LogP contribution in [0.5, 0.6) is 0 Å². The van der Waals surface area contributed by atoms with Crippen molar-refractivity contribution in [2.45, 2.75) is 122 Å². The van der Waals surface area contributed by atoms with Gasteiger partial charge in [0, 0.05) is 24.2 Å². The molecular formula is C32H44N4O4. The first-order chi connectivity index (χ1) is 19.4. The Morgan fingerprint density at radius 1 is 0.950 bits per heavy atom. The maximum atomic E-state index is 14.2. The lowest BCUT2D eigenvalue weighted by Gasteiger charge is -2.48. The minimum Gasteiger partial charge on any atom is -0.461 e. The molecular weight excluding hydrogens is 504 g/mol. The third-order valence-electron chi connectivity index (χ3n) is 9.75. The van der Waals surface area contributed by atoms with Crippen LogP contribution < -0.4 is 5.56 Å². The van der Waals surface area contributed by atoms with Gasteiger partial charge in [-0.05, 0) is 89.7 Å². The SMILES string of the molecule is CCOC(=O)C(=NOC(C)C)c1nc2ccccc2n(C2C[C@H]3CC[C@@H](C2)N3C2CC3CCCCC(C3)C2)c1=O. The van der Waals surface area contributed by atoms with E-state index < -0.39 is 5.97 Å². The van der Waals surface area contributed by atoms with Crippen LogP contribution in [0.15, 0.2) is 34.2 Å². The Labute approximate surface area is 237 Å². The topological polar surface area (TPSA) is 86.0 Å². The molecule has 0 amide bonds. The summed E-state index contributed by atoms with van der Waals surface area (Å²) in [6.45, 7) is 5.55. The van der Waals surface area contributed by atoms with Gasteiger partial charge in [0.15, 0.2) is 5.69 Å². The monoisotopic (exact) mass is 548 g/mol. The Morgan fingerprint density at radius 3 is 2.27 bits per heavy atom. The van der Waals surface area contributed by atoms with E-state index in [4.69, 9.17) is 9.57 Å². The zero-order valence-corrected chi connectivity index (χ0v) is 24.3. The highest BCUT2D eigenvalue weighted by Gasteiger charge is 2.47. The molecule has 2 aliphatic carbocycles. The maximum absolute atomic E-state index is 14.2. The summed E-state index contributed by atoms with van der Waals surface area (Å²) in [4.78, 5) is 40.1. The van der Waals surface area contributed by atoms with Crippen molar-refractivity contribution >= 4 is 22.7 Å². The second-order valence-electron chi connectivity index (χ2n) is 12.8. The molecule has 2 aromatic rings. The normalized spacial score (nSPS) is 30.9. The molecule has 216 valence electrons. The molecule has 4 bridgehead atoms. The molecule has 4 aliphatic rings. The van der Waals surface area contributed by atoms with Crippen LogP contribution >= 0.6 is 0 Å². The predicted molar refractivity (Wildman–Crippen MR) is 155 cm³/mol. The van der Waals surface area contributed by atoms with Gasteiger partial charge in [-0.1, -0.05) is 43.0 Å². The van der Waals surface area contributed by atoms with E-state index >= 15 is 0 Å². The van der Waals surface area contributed by atoms with Crippen molar-refractivity contribution in [3.8, 4) is 0 Å². The van der Waals surface area contributed by atoms with E-state index in [0.717, 1.165) is 30.2 Å². The number of oxime groups is 1. The molecule has 1 aromatic carbocycles. The summed E-state index contributed by atoms with van der Waals surface area (Å²) >= 11 is 0. The van der Waals surface area contributed by atoms with Gasteiger partial charge in [0.1, 0.15) is 6.10 Å². The van der Waals surface area contributed by atoms with Crippen LogP contribution in [0.2, 0.25) is 0 Å². The lowest BCUT2D eigenvalue weighted by atomic mass is 9.76. The highest BCUT2D eigenvalue weighted by atomic mass is 16.6. The van der Waals surface area contributed by atoms with Gasteiger partial charge < -0.3 is 14.1 Å². The van der Waals surface area contributed by atoms with Gasteiger partial charge in [-0.25, -0.2) is 9.78 Å². The molecule has 2 aliphatic heterocycles. The number of hydrogen-bond donors (Lipinski definition) is 0. The largest absolute Gasteiger partial charge is 0.461 e. The molecule has 1 aromatic heterocycles. The Kier molecular flexibility index (Phi) is 7.98. The molecule has 3 unspecified atom stereocenters. The number of fused-ring (bicyclic) bond motifs is 5. The van der Waals surface area contributed by atoms with Gasteiger partial charge in [-0.2, -0.15) is 0 Å². The Morgan fingerprint density at radius 2 is 1.62 bits per heavy atom. The summed E-state index contributed by atoms with van der Waals surface area (Å²) in [5.74, 6) is 1.10. The van der Waals surface area contributed by atoms with Gasteiger partial charge in [-0.3, -0.25) is 9.69 Å². The van der Waals surface area contributed by atoms with E-state index in [1.165, 1.54) is 57.8 Å². The number of hydrogen-bond acceptors (Lipinski definition) is 7. The van der Waals surface area contributed by atoms with Crippen molar-refractivity contribution < 1.29 is 14.4 Å². The Hall–Kier alpha value is -2.74. The van der Waals surface area contributed by atoms with Crippen LogP contribution in [-0.2, 0) is 14.4 Å². The van der Waals surface area contributed by atoms with Gasteiger partial charge in [-0.15, -0.1) is 0 Å². The first-order valence-corrected chi connectivity index (χ1v) is 15.6. The Balaban J connectivity index is 1.34. The van der Waals surface area contributed by atoms with Gasteiger partial charge >= 0.3 is 5.97 Å². The number of esters is 1. The van der Waals surface area contributed by atoms with Crippen molar-refractivity contribution in [3.05, 3.63) is 40.3 Å². The fourth-order valence-electron chi connectivity index (χ4n) is 8.31. The summed E-state index contributed by atoms with van der Waals surface area (Å²) in [5.41, 5.74) is 1.03. The quantitative estimate of drug-likeness (QED) is 0.254. The molecule has 4 fully saturated rings. The molecule has 5 atom stereocenters. The van der Waals surface area contributed by atoms with Gasteiger partial charge in [0.05, 0.1) is 17.6 Å². The maximum Gasteiger partial charge on any atom is 0.362 e. The molecule has 40 heavy (non-hydrogen) atoms. The molecule has 6 rings (SSSR count). The Bertz CT molecular complexity index is 1290. The summed E-state index contributed by atoms with van der Waals surface area (Å²) in [5, 5.41) is 4.07. The second-order valence-corrected chi connectivity index (χ2v) is 12.8. The van der Waals surface area contributed by atoms with E-state index in [1.54, 1.807) is 6.92 Å². The lowest BCUT2D eigenvalue weighted by molar-refractivity contribution is -0.135. The summed E-state index contributed by atoms with van der Waals surface area (Å²) in [7, 11) is 0. The summed E-state index contributed by atoms with van der Waals surface area (Å²) in [6.07, 6.45) is 13.8. The zero-order chi connectivity index (χ0) is 27.8. The zero-order valence-electron chi connectivity index (χ0n) is 24.3. The molecule has 8 heteroatoms. The number of ether oxygens (including phenoxy) is 1. The number of para-hydroxylation sites is 2. The van der Waals surface area contributed by atoms with Crippen molar-refractivity contribution in [3.63, 3.8) is 0 Å². The van der Waals surface area contributed by atoms with E-state index in [2.05, 4.69) is 15.0 Å². The molecule has 0 N–H and O–H groups in total. The third-order valence-corrected chi connectivity index (χ3v) is 9.75. The average Bonchev–Trinajstić information content (AvgIpc) is 3.08. The van der Waals surface area contributed by atoms with Crippen LogP contribution in [0.25, 0.3) is 11.0 Å². The number of nitrogens with zero attached hydrogens (tertiary/aromatic N) is 4. The van der Waals surface area contributed by atoms with Crippen LogP contribution in [0, 0.1) is 11.8 Å². The average molecular weight is 549 g/mol. The number of rotatable bonds is 7. The number of aromatic nitrogens is 2. The smallest absolute Gasteiger partial charge is 0.362 e. The number of piperidine rings is 1. The van der Waals surface area contributed by atoms with Crippen molar-refractivity contribution in [2.75, 3.05) is 6.61 Å². The van der Waals surface area contributed by atoms with Gasteiger partial charge in [0.25, 0.3) is 5.56 Å². The highest BCUT2D eigenvalue weighted by Crippen LogP contribution is 2.47. The van der Waals surface area contributed by atoms with Crippen LogP contribution in [0.3, 0.4) is 0 Å². The van der Waals surface area contributed by atoms with Crippen LogP contribution in [0.1, 0.15) is 103 Å². The number of carbonyl (C=O) groups excluding carboxylic acids is 1. The molecule has 3 heterocycles. The van der Waals surface area contributed by atoms with E-state index in [0.29, 0.717) is 23.6 Å². The van der Waals surface area contributed by atoms with E-state index in [-0.39, 0.29) is 35.7 Å². The standard InChI is InChI=1S/C32H44N4O4/c1-4-39-32(38)30(34-40-20(2)3)29-31(37)36(28-12-8-7-11-27(28)33-29)26-18-23-13-14-24(19-26)35(23)25-16-21-9-5-6-10-22(15-21)17-25/h7-8,11-12,20-26H,4-6,9-10,13-19H2,1-3H3/t21?,22?,23-,24+,25?,26?. The van der Waals surface area contributed by atoms with Crippen molar-refractivity contribution in [1.82, 2.24) is 14.5 Å². The number of benzene rings is 1. The highest BCUT2D eigenvalue weighted by molar-refractivity contribution is 6.42.